The Morgan fingerprint density at radius 1 is 0.848 bits per heavy atom. The molecule has 1 N–H and O–H groups in total. The normalized spacial score (nSPS) is 13.5. The number of hydrogen-bond donors (Lipinski definition) is 1. The molecule has 0 aliphatic carbocycles. The maximum Gasteiger partial charge on any atom is 0.282 e. The minimum absolute atomic E-state index is 0.232. The standard InChI is InChI=1S/C27H26N2O4/c1-5-33-22-12-8-19(9-13-22)24-25(28-20-10-14-21(32-4)15-11-20)27(31)29(26(24)30)23-16-17(2)6-7-18(23)3/h6-16,28H,5H2,1-4H3. The number of carbonyl (C=O) groups is 2. The van der Waals surface area contributed by atoms with E-state index in [2.05, 4.69) is 5.32 Å². The largest absolute Gasteiger partial charge is 0.497 e. The second-order valence-corrected chi connectivity index (χ2v) is 7.80. The Bertz CT molecular complexity index is 1230. The second kappa shape index (κ2) is 9.20. The third-order valence-corrected chi connectivity index (χ3v) is 5.50. The van der Waals surface area contributed by atoms with Crippen molar-refractivity contribution in [2.24, 2.45) is 0 Å². The molecule has 4 rings (SSSR count). The molecule has 168 valence electrons. The van der Waals surface area contributed by atoms with Crippen molar-refractivity contribution in [2.45, 2.75) is 20.8 Å². The van der Waals surface area contributed by atoms with Crippen LogP contribution in [0.3, 0.4) is 0 Å². The van der Waals surface area contributed by atoms with Gasteiger partial charge in [-0.05, 0) is 79.9 Å². The number of hydrogen-bond acceptors (Lipinski definition) is 5. The van der Waals surface area contributed by atoms with E-state index in [4.69, 9.17) is 9.47 Å². The molecule has 3 aromatic carbocycles. The maximum atomic E-state index is 13.6. The predicted octanol–water partition coefficient (Wildman–Crippen LogP) is 5.11. The summed E-state index contributed by atoms with van der Waals surface area (Å²) in [5, 5.41) is 3.18. The van der Waals surface area contributed by atoms with Crippen molar-refractivity contribution >= 4 is 28.8 Å². The molecule has 0 saturated carbocycles. The fraction of sp³-hybridized carbons (Fsp3) is 0.185. The molecule has 0 fully saturated rings. The molecule has 6 nitrogen and oxygen atoms in total. The summed E-state index contributed by atoms with van der Waals surface area (Å²) in [5.74, 6) is 0.643. The van der Waals surface area contributed by atoms with Crippen LogP contribution in [0.25, 0.3) is 5.57 Å². The fourth-order valence-electron chi connectivity index (χ4n) is 3.80. The van der Waals surface area contributed by atoms with Gasteiger partial charge in [0.2, 0.25) is 0 Å². The maximum absolute atomic E-state index is 13.6. The summed E-state index contributed by atoms with van der Waals surface area (Å²) < 4.78 is 10.7. The van der Waals surface area contributed by atoms with Gasteiger partial charge in [0.25, 0.3) is 11.8 Å². The first kappa shape index (κ1) is 22.1. The van der Waals surface area contributed by atoms with Gasteiger partial charge in [-0.15, -0.1) is 0 Å². The zero-order valence-electron chi connectivity index (χ0n) is 19.1. The average Bonchev–Trinajstić information content (AvgIpc) is 3.06. The number of aryl methyl sites for hydroxylation is 2. The molecular formula is C27H26N2O4. The molecule has 1 aliphatic rings. The van der Waals surface area contributed by atoms with Crippen LogP contribution in [0.2, 0.25) is 0 Å². The van der Waals surface area contributed by atoms with Crippen molar-refractivity contribution < 1.29 is 19.1 Å². The number of carbonyl (C=O) groups excluding carboxylic acids is 2. The summed E-state index contributed by atoms with van der Waals surface area (Å²) in [6, 6.07) is 20.1. The molecule has 0 bridgehead atoms. The topological polar surface area (TPSA) is 67.9 Å². The third kappa shape index (κ3) is 4.32. The Balaban J connectivity index is 1.80. The first-order chi connectivity index (χ1) is 15.9. The van der Waals surface area contributed by atoms with Gasteiger partial charge in [0.1, 0.15) is 17.2 Å². The number of anilines is 2. The van der Waals surface area contributed by atoms with E-state index in [0.717, 1.165) is 11.1 Å². The molecule has 0 unspecified atom stereocenters. The van der Waals surface area contributed by atoms with Crippen LogP contribution in [0.4, 0.5) is 11.4 Å². The molecule has 2 amide bonds. The fourth-order valence-corrected chi connectivity index (χ4v) is 3.80. The van der Waals surface area contributed by atoms with Gasteiger partial charge in [-0.25, -0.2) is 4.90 Å². The van der Waals surface area contributed by atoms with Crippen LogP contribution >= 0.6 is 0 Å². The quantitative estimate of drug-likeness (QED) is 0.515. The van der Waals surface area contributed by atoms with Gasteiger partial charge in [-0.2, -0.15) is 0 Å². The highest BCUT2D eigenvalue weighted by Gasteiger charge is 2.40. The highest BCUT2D eigenvalue weighted by atomic mass is 16.5. The monoisotopic (exact) mass is 442 g/mol. The summed E-state index contributed by atoms with van der Waals surface area (Å²) in [4.78, 5) is 28.5. The van der Waals surface area contributed by atoms with Crippen LogP contribution in [0, 0.1) is 13.8 Å². The number of nitrogens with one attached hydrogen (secondary N) is 1. The van der Waals surface area contributed by atoms with E-state index in [-0.39, 0.29) is 11.6 Å². The van der Waals surface area contributed by atoms with Crippen LogP contribution in [0.1, 0.15) is 23.6 Å². The molecule has 1 heterocycles. The van der Waals surface area contributed by atoms with Crippen molar-refractivity contribution in [1.29, 1.82) is 0 Å². The predicted molar refractivity (Wildman–Crippen MR) is 130 cm³/mol. The first-order valence-corrected chi connectivity index (χ1v) is 10.8. The smallest absolute Gasteiger partial charge is 0.282 e. The minimum Gasteiger partial charge on any atom is -0.497 e. The van der Waals surface area contributed by atoms with Crippen molar-refractivity contribution in [3.63, 3.8) is 0 Å². The SMILES string of the molecule is CCOc1ccc(C2=C(Nc3ccc(OC)cc3)C(=O)N(c3cc(C)ccc3C)C2=O)cc1. The van der Waals surface area contributed by atoms with Crippen molar-refractivity contribution in [2.75, 3.05) is 23.9 Å². The number of amides is 2. The first-order valence-electron chi connectivity index (χ1n) is 10.8. The third-order valence-electron chi connectivity index (χ3n) is 5.50. The zero-order valence-corrected chi connectivity index (χ0v) is 19.1. The highest BCUT2D eigenvalue weighted by molar-refractivity contribution is 6.46. The number of benzene rings is 3. The Labute approximate surface area is 193 Å². The van der Waals surface area contributed by atoms with Crippen molar-refractivity contribution in [1.82, 2.24) is 0 Å². The Morgan fingerprint density at radius 3 is 2.15 bits per heavy atom. The molecule has 0 radical (unpaired) electrons. The van der Waals surface area contributed by atoms with Gasteiger partial charge in [0, 0.05) is 5.69 Å². The zero-order chi connectivity index (χ0) is 23.5. The summed E-state index contributed by atoms with van der Waals surface area (Å²) in [6.45, 7) is 6.28. The number of rotatable bonds is 7. The minimum atomic E-state index is -0.395. The number of nitrogens with zero attached hydrogens (tertiary/aromatic N) is 1. The van der Waals surface area contributed by atoms with Gasteiger partial charge in [0.05, 0.1) is 25.0 Å². The van der Waals surface area contributed by atoms with Crippen LogP contribution in [-0.2, 0) is 9.59 Å². The Hall–Kier alpha value is -4.06. The average molecular weight is 443 g/mol. The lowest BCUT2D eigenvalue weighted by atomic mass is 10.0. The molecule has 0 aromatic heterocycles. The van der Waals surface area contributed by atoms with E-state index >= 15 is 0 Å². The summed E-state index contributed by atoms with van der Waals surface area (Å²) in [7, 11) is 1.59. The van der Waals surface area contributed by atoms with E-state index in [9.17, 15) is 9.59 Å². The molecule has 1 aliphatic heterocycles. The highest BCUT2D eigenvalue weighted by Crippen LogP contribution is 2.36. The van der Waals surface area contributed by atoms with Crippen LogP contribution in [0.5, 0.6) is 11.5 Å². The lowest BCUT2D eigenvalue weighted by Gasteiger charge is -2.18. The number of imide groups is 1. The van der Waals surface area contributed by atoms with E-state index < -0.39 is 5.91 Å². The van der Waals surface area contributed by atoms with Gasteiger partial charge in [-0.1, -0.05) is 24.3 Å². The van der Waals surface area contributed by atoms with Crippen LogP contribution in [0.15, 0.2) is 72.4 Å². The summed E-state index contributed by atoms with van der Waals surface area (Å²) >= 11 is 0. The van der Waals surface area contributed by atoms with E-state index in [1.54, 1.807) is 55.6 Å². The molecule has 33 heavy (non-hydrogen) atoms. The molecule has 3 aromatic rings. The summed E-state index contributed by atoms with van der Waals surface area (Å²) in [5.41, 5.74) is 4.27. The van der Waals surface area contributed by atoms with E-state index in [1.165, 1.54) is 4.90 Å². The Morgan fingerprint density at radius 2 is 1.52 bits per heavy atom. The van der Waals surface area contributed by atoms with Gasteiger partial charge in [-0.3, -0.25) is 9.59 Å². The van der Waals surface area contributed by atoms with Gasteiger partial charge in [0.15, 0.2) is 0 Å². The molecule has 0 atom stereocenters. The van der Waals surface area contributed by atoms with Crippen LogP contribution < -0.4 is 19.7 Å². The van der Waals surface area contributed by atoms with Crippen molar-refractivity contribution in [3.05, 3.63) is 89.1 Å². The molecule has 0 spiro atoms. The Kier molecular flexibility index (Phi) is 6.18. The lowest BCUT2D eigenvalue weighted by molar-refractivity contribution is -0.120. The van der Waals surface area contributed by atoms with Crippen molar-refractivity contribution in [3.8, 4) is 11.5 Å². The number of methoxy groups -OCH3 is 1. The van der Waals surface area contributed by atoms with E-state index in [0.29, 0.717) is 40.6 Å². The lowest BCUT2D eigenvalue weighted by Crippen LogP contribution is -2.33. The molecule has 0 saturated heterocycles. The number of ether oxygens (including phenoxy) is 2. The van der Waals surface area contributed by atoms with Crippen LogP contribution in [-0.4, -0.2) is 25.5 Å². The van der Waals surface area contributed by atoms with Gasteiger partial charge >= 0.3 is 0 Å². The second-order valence-electron chi connectivity index (χ2n) is 7.80. The van der Waals surface area contributed by atoms with E-state index in [1.807, 2.05) is 39.0 Å². The molecule has 6 heteroatoms. The van der Waals surface area contributed by atoms with Gasteiger partial charge < -0.3 is 14.8 Å². The summed E-state index contributed by atoms with van der Waals surface area (Å²) in [6.07, 6.45) is 0. The molecular weight excluding hydrogens is 416 g/mol.